The van der Waals surface area contributed by atoms with E-state index in [0.717, 1.165) is 18.2 Å². The van der Waals surface area contributed by atoms with Crippen LogP contribution in [0.1, 0.15) is 6.42 Å². The second-order valence-electron chi connectivity index (χ2n) is 4.04. The molecular formula is C12H12F2N2O. The Kier molecular flexibility index (Phi) is 3.19. The van der Waals surface area contributed by atoms with Crippen LogP contribution >= 0.6 is 0 Å². The van der Waals surface area contributed by atoms with Gasteiger partial charge in [0.1, 0.15) is 11.6 Å². The van der Waals surface area contributed by atoms with Gasteiger partial charge in [0.2, 0.25) is 5.91 Å². The first kappa shape index (κ1) is 11.7. The van der Waals surface area contributed by atoms with Gasteiger partial charge in [0.25, 0.3) is 0 Å². The van der Waals surface area contributed by atoms with E-state index in [1.807, 2.05) is 0 Å². The van der Waals surface area contributed by atoms with Crippen molar-refractivity contribution < 1.29 is 13.6 Å². The summed E-state index contributed by atoms with van der Waals surface area (Å²) in [4.78, 5) is 11.7. The van der Waals surface area contributed by atoms with Crippen molar-refractivity contribution in [2.75, 3.05) is 5.32 Å². The fourth-order valence-electron chi connectivity index (χ4n) is 1.78. The number of benzene rings is 1. The average molecular weight is 238 g/mol. The van der Waals surface area contributed by atoms with Crippen LogP contribution in [0.2, 0.25) is 0 Å². The van der Waals surface area contributed by atoms with Gasteiger partial charge < -0.3 is 11.1 Å². The molecule has 3 N–H and O–H groups in total. The molecule has 1 aliphatic rings. The van der Waals surface area contributed by atoms with Gasteiger partial charge in [-0.2, -0.15) is 0 Å². The Morgan fingerprint density at radius 1 is 1.24 bits per heavy atom. The Balaban J connectivity index is 2.05. The molecule has 0 bridgehead atoms. The molecule has 1 aliphatic carbocycles. The third kappa shape index (κ3) is 2.88. The van der Waals surface area contributed by atoms with Crippen molar-refractivity contribution in [3.8, 4) is 0 Å². The minimum Gasteiger partial charge on any atom is -0.325 e. The van der Waals surface area contributed by atoms with E-state index >= 15 is 0 Å². The standard InChI is InChI=1S/C12H12F2N2O/c13-8-4-9(14)6-11(5-8)16-12(17)7-1-2-10(15)3-7/h1-2,4-7,10H,3,15H2,(H,16,17). The molecule has 1 aromatic carbocycles. The summed E-state index contributed by atoms with van der Waals surface area (Å²) < 4.78 is 25.8. The van der Waals surface area contributed by atoms with Gasteiger partial charge in [0.15, 0.2) is 0 Å². The van der Waals surface area contributed by atoms with Crippen LogP contribution in [0.3, 0.4) is 0 Å². The Hall–Kier alpha value is -1.75. The van der Waals surface area contributed by atoms with Crippen molar-refractivity contribution in [1.29, 1.82) is 0 Å². The summed E-state index contributed by atoms with van der Waals surface area (Å²) >= 11 is 0. The topological polar surface area (TPSA) is 55.1 Å². The molecule has 1 aromatic rings. The van der Waals surface area contributed by atoms with E-state index in [-0.39, 0.29) is 23.6 Å². The monoisotopic (exact) mass is 238 g/mol. The molecule has 0 aliphatic heterocycles. The Morgan fingerprint density at radius 3 is 2.41 bits per heavy atom. The maximum Gasteiger partial charge on any atom is 0.231 e. The number of nitrogens with one attached hydrogen (secondary N) is 1. The highest BCUT2D eigenvalue weighted by Crippen LogP contribution is 2.19. The van der Waals surface area contributed by atoms with E-state index in [1.165, 1.54) is 0 Å². The molecule has 17 heavy (non-hydrogen) atoms. The summed E-state index contributed by atoms with van der Waals surface area (Å²) in [6.45, 7) is 0. The van der Waals surface area contributed by atoms with Crippen LogP contribution in [0.15, 0.2) is 30.4 Å². The highest BCUT2D eigenvalue weighted by molar-refractivity contribution is 5.94. The van der Waals surface area contributed by atoms with E-state index in [4.69, 9.17) is 5.73 Å². The number of halogens is 2. The number of carbonyl (C=O) groups excluding carboxylic acids is 1. The second-order valence-corrected chi connectivity index (χ2v) is 4.04. The minimum absolute atomic E-state index is 0.112. The van der Waals surface area contributed by atoms with Gasteiger partial charge in [0.05, 0.1) is 5.92 Å². The van der Waals surface area contributed by atoms with Gasteiger partial charge in [-0.15, -0.1) is 0 Å². The largest absolute Gasteiger partial charge is 0.325 e. The van der Waals surface area contributed by atoms with Crippen molar-refractivity contribution >= 4 is 11.6 Å². The van der Waals surface area contributed by atoms with Crippen LogP contribution in [-0.2, 0) is 4.79 Å². The van der Waals surface area contributed by atoms with Gasteiger partial charge in [-0.05, 0) is 18.6 Å². The molecule has 2 atom stereocenters. The number of carbonyl (C=O) groups is 1. The zero-order valence-electron chi connectivity index (χ0n) is 8.99. The highest BCUT2D eigenvalue weighted by Gasteiger charge is 2.22. The van der Waals surface area contributed by atoms with Gasteiger partial charge in [-0.1, -0.05) is 12.2 Å². The fraction of sp³-hybridized carbons (Fsp3) is 0.250. The van der Waals surface area contributed by atoms with Crippen LogP contribution in [0, 0.1) is 17.6 Å². The van der Waals surface area contributed by atoms with Crippen LogP contribution < -0.4 is 11.1 Å². The van der Waals surface area contributed by atoms with Crippen molar-refractivity contribution in [1.82, 2.24) is 0 Å². The number of rotatable bonds is 2. The SMILES string of the molecule is NC1C=CC(C(=O)Nc2cc(F)cc(F)c2)C1. The summed E-state index contributed by atoms with van der Waals surface area (Å²) in [6.07, 6.45) is 3.97. The molecule has 5 heteroatoms. The molecular weight excluding hydrogens is 226 g/mol. The summed E-state index contributed by atoms with van der Waals surface area (Å²) in [5, 5.41) is 2.46. The van der Waals surface area contributed by atoms with Gasteiger partial charge in [-0.3, -0.25) is 4.79 Å². The molecule has 0 spiro atoms. The fourth-order valence-corrected chi connectivity index (χ4v) is 1.78. The van der Waals surface area contributed by atoms with Gasteiger partial charge >= 0.3 is 0 Å². The summed E-state index contributed by atoms with van der Waals surface area (Å²) in [7, 11) is 0. The number of hydrogen-bond donors (Lipinski definition) is 2. The first-order valence-electron chi connectivity index (χ1n) is 5.25. The van der Waals surface area contributed by atoms with E-state index < -0.39 is 11.6 Å². The van der Waals surface area contributed by atoms with Gasteiger partial charge in [0, 0.05) is 17.8 Å². The van der Waals surface area contributed by atoms with Crippen LogP contribution in [0.5, 0.6) is 0 Å². The normalized spacial score (nSPS) is 22.8. The quantitative estimate of drug-likeness (QED) is 0.772. The number of anilines is 1. The lowest BCUT2D eigenvalue weighted by molar-refractivity contribution is -0.118. The lowest BCUT2D eigenvalue weighted by atomic mass is 10.1. The second kappa shape index (κ2) is 4.63. The first-order chi connectivity index (χ1) is 8.04. The molecule has 90 valence electrons. The van der Waals surface area contributed by atoms with Crippen molar-refractivity contribution in [3.63, 3.8) is 0 Å². The van der Waals surface area contributed by atoms with Crippen molar-refractivity contribution in [3.05, 3.63) is 42.0 Å². The Labute approximate surface area is 97.3 Å². The molecule has 2 unspecified atom stereocenters. The minimum atomic E-state index is -0.723. The number of hydrogen-bond acceptors (Lipinski definition) is 2. The van der Waals surface area contributed by atoms with Crippen molar-refractivity contribution in [2.24, 2.45) is 11.7 Å². The molecule has 0 saturated carbocycles. The zero-order chi connectivity index (χ0) is 12.4. The van der Waals surface area contributed by atoms with E-state index in [1.54, 1.807) is 12.2 Å². The van der Waals surface area contributed by atoms with Crippen LogP contribution in [-0.4, -0.2) is 11.9 Å². The first-order valence-corrected chi connectivity index (χ1v) is 5.25. The number of amides is 1. The Bertz CT molecular complexity index is 453. The van der Waals surface area contributed by atoms with E-state index in [9.17, 15) is 13.6 Å². The molecule has 0 saturated heterocycles. The molecule has 3 nitrogen and oxygen atoms in total. The molecule has 1 amide bonds. The van der Waals surface area contributed by atoms with Crippen molar-refractivity contribution in [2.45, 2.75) is 12.5 Å². The molecule has 0 heterocycles. The molecule has 0 aromatic heterocycles. The third-order valence-electron chi connectivity index (χ3n) is 2.58. The maximum absolute atomic E-state index is 12.9. The van der Waals surface area contributed by atoms with E-state index in [0.29, 0.717) is 6.42 Å². The number of nitrogens with two attached hydrogens (primary N) is 1. The molecule has 0 radical (unpaired) electrons. The van der Waals surface area contributed by atoms with Gasteiger partial charge in [-0.25, -0.2) is 8.78 Å². The lowest BCUT2D eigenvalue weighted by Gasteiger charge is -2.10. The molecule has 0 fully saturated rings. The average Bonchev–Trinajstić information content (AvgIpc) is 2.63. The van der Waals surface area contributed by atoms with E-state index in [2.05, 4.69) is 5.32 Å². The van der Waals surface area contributed by atoms with Crippen LogP contribution in [0.4, 0.5) is 14.5 Å². The predicted octanol–water partition coefficient (Wildman–Crippen LogP) is 1.81. The zero-order valence-corrected chi connectivity index (χ0v) is 8.99. The maximum atomic E-state index is 12.9. The molecule has 2 rings (SSSR count). The summed E-state index contributed by atoms with van der Waals surface area (Å²) in [5.74, 6) is -2.09. The smallest absolute Gasteiger partial charge is 0.231 e. The third-order valence-corrected chi connectivity index (χ3v) is 2.58. The predicted molar refractivity (Wildman–Crippen MR) is 60.2 cm³/mol. The summed E-state index contributed by atoms with van der Waals surface area (Å²) in [5.41, 5.74) is 5.73. The highest BCUT2D eigenvalue weighted by atomic mass is 19.1. The Morgan fingerprint density at radius 2 is 1.88 bits per heavy atom. The van der Waals surface area contributed by atoms with Crippen LogP contribution in [0.25, 0.3) is 0 Å². The summed E-state index contributed by atoms with van der Waals surface area (Å²) in [6, 6.07) is 2.76. The lowest BCUT2D eigenvalue weighted by Crippen LogP contribution is -2.24.